The lowest BCUT2D eigenvalue weighted by Gasteiger charge is -2.34. The summed E-state index contributed by atoms with van der Waals surface area (Å²) in [5.74, 6) is -2.25. The summed E-state index contributed by atoms with van der Waals surface area (Å²) in [5.41, 5.74) is 0.517. The van der Waals surface area contributed by atoms with Crippen LogP contribution in [0.1, 0.15) is 30.1 Å². The number of carbonyl (C=O) groups excluding carboxylic acids is 3. The van der Waals surface area contributed by atoms with Gasteiger partial charge in [0.1, 0.15) is 5.82 Å². The minimum atomic E-state index is -0.658. The molecule has 1 aromatic rings. The maximum atomic E-state index is 13.5. The van der Waals surface area contributed by atoms with Crippen LogP contribution < -0.4 is 4.90 Å². The zero-order chi connectivity index (χ0) is 17.3. The Morgan fingerprint density at radius 3 is 2.92 bits per heavy atom. The van der Waals surface area contributed by atoms with Gasteiger partial charge in [0, 0.05) is 6.54 Å². The van der Waals surface area contributed by atoms with Crippen molar-refractivity contribution in [2.45, 2.75) is 19.8 Å². The van der Waals surface area contributed by atoms with Crippen LogP contribution in [0.3, 0.4) is 0 Å². The van der Waals surface area contributed by atoms with E-state index in [4.69, 9.17) is 4.74 Å². The lowest BCUT2D eigenvalue weighted by molar-refractivity contribution is -0.149. The molecule has 3 rings (SSSR count). The molecule has 7 heteroatoms. The lowest BCUT2D eigenvalue weighted by atomic mass is 9.98. The monoisotopic (exact) mass is 334 g/mol. The van der Waals surface area contributed by atoms with Gasteiger partial charge in [-0.3, -0.25) is 24.2 Å². The third-order valence-corrected chi connectivity index (χ3v) is 4.40. The summed E-state index contributed by atoms with van der Waals surface area (Å²) < 4.78 is 18.6. The van der Waals surface area contributed by atoms with Crippen LogP contribution in [0.2, 0.25) is 0 Å². The molecule has 1 saturated heterocycles. The molecule has 0 saturated carbocycles. The first-order chi connectivity index (χ1) is 11.5. The van der Waals surface area contributed by atoms with Crippen molar-refractivity contribution in [3.8, 4) is 0 Å². The molecular formula is C17H19FN2O4. The SMILES string of the molecule is CCOC(=O)[C@@H]1CCCN(CN2C(=O)C(=O)c3ccc(F)cc32)C1. The fourth-order valence-corrected chi connectivity index (χ4v) is 3.24. The van der Waals surface area contributed by atoms with Crippen LogP contribution in [-0.4, -0.2) is 48.9 Å². The summed E-state index contributed by atoms with van der Waals surface area (Å²) in [5, 5.41) is 0. The molecule has 0 radical (unpaired) electrons. The normalized spacial score (nSPS) is 21.1. The quantitative estimate of drug-likeness (QED) is 0.618. The molecule has 1 atom stereocenters. The standard InChI is InChI=1S/C17H19FN2O4/c1-2-24-17(23)11-4-3-7-19(9-11)10-20-14-8-12(18)5-6-13(14)15(21)16(20)22/h5-6,8,11H,2-4,7,9-10H2,1H3/t11-/m1/s1. The number of carbonyl (C=O) groups is 3. The van der Waals surface area contributed by atoms with E-state index in [9.17, 15) is 18.8 Å². The van der Waals surface area contributed by atoms with Crippen LogP contribution in [-0.2, 0) is 14.3 Å². The van der Waals surface area contributed by atoms with E-state index < -0.39 is 17.5 Å². The third kappa shape index (κ3) is 3.03. The largest absolute Gasteiger partial charge is 0.466 e. The first-order valence-corrected chi connectivity index (χ1v) is 8.06. The second-order valence-electron chi connectivity index (χ2n) is 6.03. The smallest absolute Gasteiger partial charge is 0.310 e. The third-order valence-electron chi connectivity index (χ3n) is 4.40. The fraction of sp³-hybridized carbons (Fsp3) is 0.471. The number of ether oxygens (including phenoxy) is 1. The molecule has 0 unspecified atom stereocenters. The van der Waals surface area contributed by atoms with E-state index in [-0.39, 0.29) is 24.1 Å². The topological polar surface area (TPSA) is 66.9 Å². The summed E-state index contributed by atoms with van der Waals surface area (Å²) in [7, 11) is 0. The first-order valence-electron chi connectivity index (χ1n) is 8.06. The predicted octanol–water partition coefficient (Wildman–Crippen LogP) is 1.59. The molecule has 1 aromatic carbocycles. The van der Waals surface area contributed by atoms with Crippen LogP contribution in [0.25, 0.3) is 0 Å². The molecule has 2 aliphatic rings. The van der Waals surface area contributed by atoms with E-state index in [0.717, 1.165) is 12.8 Å². The van der Waals surface area contributed by atoms with Gasteiger partial charge in [0.05, 0.1) is 30.4 Å². The molecule has 0 bridgehead atoms. The van der Waals surface area contributed by atoms with Gasteiger partial charge < -0.3 is 4.74 Å². The first kappa shape index (κ1) is 16.6. The number of Topliss-reactive ketones (excluding diaryl/α,β-unsaturated/α-hetero) is 1. The number of nitrogens with zero attached hydrogens (tertiary/aromatic N) is 2. The van der Waals surface area contributed by atoms with Crippen molar-refractivity contribution < 1.29 is 23.5 Å². The summed E-state index contributed by atoms with van der Waals surface area (Å²) in [6, 6.07) is 3.71. The van der Waals surface area contributed by atoms with Gasteiger partial charge in [-0.1, -0.05) is 0 Å². The summed E-state index contributed by atoms with van der Waals surface area (Å²) >= 11 is 0. The van der Waals surface area contributed by atoms with Crippen LogP contribution in [0.15, 0.2) is 18.2 Å². The number of halogens is 1. The lowest BCUT2D eigenvalue weighted by Crippen LogP contribution is -2.46. The molecule has 6 nitrogen and oxygen atoms in total. The Hall–Kier alpha value is -2.28. The zero-order valence-corrected chi connectivity index (χ0v) is 13.5. The Balaban J connectivity index is 1.74. The Bertz CT molecular complexity index is 691. The van der Waals surface area contributed by atoms with Crippen molar-refractivity contribution in [1.29, 1.82) is 0 Å². The van der Waals surface area contributed by atoms with Crippen molar-refractivity contribution in [2.24, 2.45) is 5.92 Å². The summed E-state index contributed by atoms with van der Waals surface area (Å²) in [4.78, 5) is 39.3. The number of esters is 1. The molecule has 0 N–H and O–H groups in total. The zero-order valence-electron chi connectivity index (χ0n) is 13.5. The van der Waals surface area contributed by atoms with Gasteiger partial charge in [-0.05, 0) is 44.5 Å². The molecule has 2 aliphatic heterocycles. The van der Waals surface area contributed by atoms with E-state index in [1.807, 2.05) is 4.90 Å². The number of amides is 1. The molecule has 0 aliphatic carbocycles. The highest BCUT2D eigenvalue weighted by Crippen LogP contribution is 2.30. The minimum absolute atomic E-state index is 0.164. The highest BCUT2D eigenvalue weighted by Gasteiger charge is 2.38. The van der Waals surface area contributed by atoms with Gasteiger partial charge >= 0.3 is 11.9 Å². The molecule has 0 spiro atoms. The second-order valence-corrected chi connectivity index (χ2v) is 6.03. The van der Waals surface area contributed by atoms with E-state index in [1.165, 1.54) is 23.1 Å². The van der Waals surface area contributed by atoms with Gasteiger partial charge in [-0.25, -0.2) is 4.39 Å². The Morgan fingerprint density at radius 1 is 1.38 bits per heavy atom. The van der Waals surface area contributed by atoms with Gasteiger partial charge in [0.15, 0.2) is 0 Å². The van der Waals surface area contributed by atoms with Gasteiger partial charge in [0.2, 0.25) is 0 Å². The summed E-state index contributed by atoms with van der Waals surface area (Å²) in [6.07, 6.45) is 1.54. The number of rotatable bonds is 4. The van der Waals surface area contributed by atoms with Gasteiger partial charge in [-0.15, -0.1) is 0 Å². The highest BCUT2D eigenvalue weighted by atomic mass is 19.1. The number of hydrogen-bond donors (Lipinski definition) is 0. The van der Waals surface area contributed by atoms with Gasteiger partial charge in [0.25, 0.3) is 5.78 Å². The van der Waals surface area contributed by atoms with Crippen molar-refractivity contribution in [3.63, 3.8) is 0 Å². The second kappa shape index (κ2) is 6.68. The van der Waals surface area contributed by atoms with Gasteiger partial charge in [-0.2, -0.15) is 0 Å². The van der Waals surface area contributed by atoms with E-state index in [2.05, 4.69) is 0 Å². The molecule has 0 aromatic heterocycles. The average molecular weight is 334 g/mol. The number of piperidine rings is 1. The Kier molecular flexibility index (Phi) is 4.62. The van der Waals surface area contributed by atoms with Crippen LogP contribution in [0, 0.1) is 11.7 Å². The fourth-order valence-electron chi connectivity index (χ4n) is 3.24. The molecule has 128 valence electrons. The maximum Gasteiger partial charge on any atom is 0.310 e. The van der Waals surface area contributed by atoms with Crippen LogP contribution in [0.4, 0.5) is 10.1 Å². The van der Waals surface area contributed by atoms with Crippen LogP contribution >= 0.6 is 0 Å². The van der Waals surface area contributed by atoms with Crippen molar-refractivity contribution in [1.82, 2.24) is 4.90 Å². The average Bonchev–Trinajstić information content (AvgIpc) is 2.80. The van der Waals surface area contributed by atoms with E-state index >= 15 is 0 Å². The minimum Gasteiger partial charge on any atom is -0.466 e. The summed E-state index contributed by atoms with van der Waals surface area (Å²) in [6.45, 7) is 3.43. The van der Waals surface area contributed by atoms with Crippen molar-refractivity contribution in [3.05, 3.63) is 29.6 Å². The highest BCUT2D eigenvalue weighted by molar-refractivity contribution is 6.52. The number of anilines is 1. The number of benzene rings is 1. The number of ketones is 1. The maximum absolute atomic E-state index is 13.5. The van der Waals surface area contributed by atoms with E-state index in [0.29, 0.717) is 25.4 Å². The molecule has 1 fully saturated rings. The Labute approximate surface area is 139 Å². The number of likely N-dealkylation sites (tertiary alicyclic amines) is 1. The number of hydrogen-bond acceptors (Lipinski definition) is 5. The molecule has 1 amide bonds. The van der Waals surface area contributed by atoms with E-state index in [1.54, 1.807) is 6.92 Å². The predicted molar refractivity (Wildman–Crippen MR) is 84.0 cm³/mol. The number of fused-ring (bicyclic) bond motifs is 1. The molecule has 2 heterocycles. The molecule has 24 heavy (non-hydrogen) atoms. The van der Waals surface area contributed by atoms with Crippen LogP contribution in [0.5, 0.6) is 0 Å². The Morgan fingerprint density at radius 2 is 2.17 bits per heavy atom. The molecular weight excluding hydrogens is 315 g/mol. The van der Waals surface area contributed by atoms with Crippen molar-refractivity contribution in [2.75, 3.05) is 31.3 Å². The van der Waals surface area contributed by atoms with Crippen molar-refractivity contribution >= 4 is 23.3 Å².